The number of rotatable bonds is 2. The van der Waals surface area contributed by atoms with Gasteiger partial charge in [0.15, 0.2) is 0 Å². The molecule has 2 aliphatic heterocycles. The van der Waals surface area contributed by atoms with Crippen LogP contribution >= 0.6 is 0 Å². The van der Waals surface area contributed by atoms with E-state index in [1.165, 1.54) is 7.11 Å². The molecule has 7 nitrogen and oxygen atoms in total. The quantitative estimate of drug-likeness (QED) is 0.533. The van der Waals surface area contributed by atoms with Crippen molar-refractivity contribution in [2.24, 2.45) is 0 Å². The molecule has 1 fully saturated rings. The van der Waals surface area contributed by atoms with Crippen molar-refractivity contribution in [2.75, 3.05) is 7.11 Å². The van der Waals surface area contributed by atoms with Gasteiger partial charge in [-0.2, -0.15) is 0 Å². The summed E-state index contributed by atoms with van der Waals surface area (Å²) in [4.78, 5) is 35.3. The summed E-state index contributed by atoms with van der Waals surface area (Å²) in [6, 6.07) is 3.79. The van der Waals surface area contributed by atoms with E-state index in [-0.39, 0.29) is 12.0 Å². The normalized spacial score (nSPS) is 24.9. The number of nitrogens with one attached hydrogen (secondary N) is 1. The van der Waals surface area contributed by atoms with E-state index in [4.69, 9.17) is 4.74 Å². The van der Waals surface area contributed by atoms with Gasteiger partial charge in [-0.3, -0.25) is 0 Å². The first-order chi connectivity index (χ1) is 9.54. The zero-order valence-corrected chi connectivity index (χ0v) is 12.1. The third-order valence-electron chi connectivity index (χ3n) is 3.21. The second-order valence-corrected chi connectivity index (χ2v) is 7.08. The number of carbonyl (C=O) groups excluding carboxylic acids is 3. The number of fused-ring (bicyclic) bond motifs is 1. The number of carbonyl (C=O) groups is 3. The average Bonchev–Trinajstić information content (AvgIpc) is 2.88. The van der Waals surface area contributed by atoms with E-state index in [2.05, 4.69) is 5.32 Å². The molecule has 2 atom stereocenters. The summed E-state index contributed by atoms with van der Waals surface area (Å²) in [5.41, 5.74) is 0.275. The van der Waals surface area contributed by atoms with Crippen molar-refractivity contribution in [2.45, 2.75) is 12.5 Å². The standard InChI is InChI=1S/C12H10N2O5Se/c1-19-8-4-2-3-6-10(8)20(18)14(12(6)17)7-5-9(15)13-11(7)16/h2-4,7H,5H2,1H3,(H,13,15,16). The predicted octanol–water partition coefficient (Wildman–Crippen LogP) is -1.31. The maximum atomic E-state index is 12.6. The van der Waals surface area contributed by atoms with Crippen LogP contribution in [0.5, 0.6) is 5.75 Å². The minimum atomic E-state index is -2.94. The molecule has 0 saturated carbocycles. The van der Waals surface area contributed by atoms with Crippen molar-refractivity contribution in [3.05, 3.63) is 23.8 Å². The van der Waals surface area contributed by atoms with Crippen LogP contribution in [-0.2, 0) is 13.4 Å². The fourth-order valence-corrected chi connectivity index (χ4v) is 5.48. The van der Waals surface area contributed by atoms with Crippen molar-refractivity contribution in [3.63, 3.8) is 0 Å². The Morgan fingerprint density at radius 2 is 2.10 bits per heavy atom. The molecule has 3 amide bonds. The van der Waals surface area contributed by atoms with Crippen LogP contribution < -0.4 is 14.5 Å². The summed E-state index contributed by atoms with van der Waals surface area (Å²) in [5, 5.41) is 2.12. The van der Waals surface area contributed by atoms with Gasteiger partial charge in [0.1, 0.15) is 0 Å². The Labute approximate surface area is 118 Å². The first-order valence-electron chi connectivity index (χ1n) is 5.80. The number of hydrogen-bond acceptors (Lipinski definition) is 5. The topological polar surface area (TPSA) is 92.8 Å². The molecule has 20 heavy (non-hydrogen) atoms. The van der Waals surface area contributed by atoms with Crippen molar-refractivity contribution in [1.29, 1.82) is 0 Å². The monoisotopic (exact) mass is 342 g/mol. The first kappa shape index (κ1) is 13.0. The summed E-state index contributed by atoms with van der Waals surface area (Å²) in [6.07, 6.45) is -0.150. The molecule has 0 spiro atoms. The van der Waals surface area contributed by atoms with Crippen molar-refractivity contribution in [3.8, 4) is 5.75 Å². The molecule has 0 bridgehead atoms. The Bertz CT molecular complexity index is 672. The van der Waals surface area contributed by atoms with Crippen molar-refractivity contribution in [1.82, 2.24) is 9.23 Å². The van der Waals surface area contributed by atoms with Gasteiger partial charge in [-0.25, -0.2) is 0 Å². The van der Waals surface area contributed by atoms with E-state index in [0.29, 0.717) is 10.2 Å². The number of methoxy groups -OCH3 is 1. The fraction of sp³-hybridized carbons (Fsp3) is 0.250. The molecule has 3 rings (SSSR count). The molecule has 1 saturated heterocycles. The van der Waals surface area contributed by atoms with Crippen molar-refractivity contribution >= 4 is 36.2 Å². The van der Waals surface area contributed by atoms with Gasteiger partial charge >= 0.3 is 118 Å². The molecule has 0 aliphatic carbocycles. The van der Waals surface area contributed by atoms with Gasteiger partial charge in [-0.15, -0.1) is 0 Å². The molecule has 2 aliphatic rings. The van der Waals surface area contributed by atoms with E-state index < -0.39 is 37.8 Å². The van der Waals surface area contributed by atoms with Crippen LogP contribution in [0.2, 0.25) is 0 Å². The summed E-state index contributed by atoms with van der Waals surface area (Å²) in [6.45, 7) is 0. The third kappa shape index (κ3) is 1.69. The van der Waals surface area contributed by atoms with Crippen LogP contribution in [0.1, 0.15) is 16.8 Å². The number of benzene rings is 1. The van der Waals surface area contributed by atoms with Gasteiger partial charge in [-0.1, -0.05) is 0 Å². The number of hydrogen-bond donors (Lipinski definition) is 1. The van der Waals surface area contributed by atoms with Crippen molar-refractivity contribution < 1.29 is 23.0 Å². The molecular formula is C12H10N2O5Se. The molecule has 8 heteroatoms. The summed E-state index contributed by atoms with van der Waals surface area (Å²) < 4.78 is 19.1. The van der Waals surface area contributed by atoms with E-state index in [1.54, 1.807) is 18.2 Å². The van der Waals surface area contributed by atoms with Gasteiger partial charge in [0, 0.05) is 0 Å². The van der Waals surface area contributed by atoms with Gasteiger partial charge in [0.05, 0.1) is 0 Å². The number of ether oxygens (including phenoxy) is 1. The van der Waals surface area contributed by atoms with Crippen LogP contribution in [0.4, 0.5) is 0 Å². The average molecular weight is 341 g/mol. The fourth-order valence-electron chi connectivity index (χ4n) is 2.30. The third-order valence-corrected chi connectivity index (χ3v) is 6.46. The number of nitrogens with zero attached hydrogens (tertiary/aromatic N) is 1. The van der Waals surface area contributed by atoms with Gasteiger partial charge in [-0.05, 0) is 0 Å². The molecular weight excluding hydrogens is 331 g/mol. The zero-order valence-electron chi connectivity index (χ0n) is 10.4. The molecule has 2 heterocycles. The zero-order chi connectivity index (χ0) is 14.4. The van der Waals surface area contributed by atoms with Crippen LogP contribution in [-0.4, -0.2) is 48.8 Å². The Kier molecular flexibility index (Phi) is 2.92. The van der Waals surface area contributed by atoms with Crippen LogP contribution in [0.3, 0.4) is 0 Å². The predicted molar refractivity (Wildman–Crippen MR) is 66.8 cm³/mol. The molecule has 1 aromatic rings. The second-order valence-electron chi connectivity index (χ2n) is 4.35. The molecule has 104 valence electrons. The van der Waals surface area contributed by atoms with Crippen LogP contribution in [0, 0.1) is 0 Å². The van der Waals surface area contributed by atoms with E-state index >= 15 is 0 Å². The van der Waals surface area contributed by atoms with Gasteiger partial charge < -0.3 is 0 Å². The maximum absolute atomic E-state index is 12.6. The van der Waals surface area contributed by atoms with E-state index in [9.17, 15) is 18.2 Å². The Balaban J connectivity index is 2.06. The van der Waals surface area contributed by atoms with Crippen LogP contribution in [0.15, 0.2) is 18.2 Å². The number of imide groups is 1. The number of amides is 3. The summed E-state index contributed by atoms with van der Waals surface area (Å²) in [5.74, 6) is -1.17. The Morgan fingerprint density at radius 3 is 2.70 bits per heavy atom. The van der Waals surface area contributed by atoms with Gasteiger partial charge in [0.25, 0.3) is 0 Å². The molecule has 0 radical (unpaired) electrons. The summed E-state index contributed by atoms with van der Waals surface area (Å²) in [7, 11) is 1.42. The second kappa shape index (κ2) is 4.50. The minimum absolute atomic E-state index is 0.150. The molecule has 1 N–H and O–H groups in total. The van der Waals surface area contributed by atoms with E-state index in [1.807, 2.05) is 0 Å². The van der Waals surface area contributed by atoms with Crippen LogP contribution in [0.25, 0.3) is 0 Å². The molecule has 1 aromatic carbocycles. The Hall–Kier alpha value is -2.05. The molecule has 2 unspecified atom stereocenters. The SMILES string of the molecule is COc1cccc2c1[Se](=O)N(C1CC(=O)NC1=O)C2=O. The molecule has 0 aromatic heterocycles. The van der Waals surface area contributed by atoms with E-state index in [0.717, 1.165) is 3.92 Å². The summed E-state index contributed by atoms with van der Waals surface area (Å²) >= 11 is -2.94. The van der Waals surface area contributed by atoms with Gasteiger partial charge in [0.2, 0.25) is 0 Å². The first-order valence-corrected chi connectivity index (χ1v) is 8.13. The Morgan fingerprint density at radius 1 is 1.35 bits per heavy atom.